The van der Waals surface area contributed by atoms with E-state index in [4.69, 9.17) is 0 Å². The van der Waals surface area contributed by atoms with Crippen LogP contribution >= 0.6 is 0 Å². The number of hydrogen-bond acceptors (Lipinski definition) is 1. The lowest BCUT2D eigenvalue weighted by Crippen LogP contribution is -2.49. The van der Waals surface area contributed by atoms with Crippen LogP contribution in [0.3, 0.4) is 0 Å². The van der Waals surface area contributed by atoms with Crippen molar-refractivity contribution in [2.75, 3.05) is 0 Å². The van der Waals surface area contributed by atoms with Gasteiger partial charge in [-0.1, -0.05) is 73.9 Å². The van der Waals surface area contributed by atoms with Crippen molar-refractivity contribution < 1.29 is 8.78 Å². The number of aryl methyl sites for hydroxylation is 2. The molecule has 3 aromatic carbocycles. The molecule has 3 aromatic rings. The van der Waals surface area contributed by atoms with Crippen LogP contribution in [0.2, 0.25) is 0 Å². The molecule has 0 aliphatic heterocycles. The van der Waals surface area contributed by atoms with E-state index in [9.17, 15) is 8.78 Å². The summed E-state index contributed by atoms with van der Waals surface area (Å²) in [6, 6.07) is 26.1. The van der Waals surface area contributed by atoms with Gasteiger partial charge < -0.3 is 5.32 Å². The highest BCUT2D eigenvalue weighted by Gasteiger charge is 2.48. The Kier molecular flexibility index (Phi) is 8.16. The molecular weight excluding hydrogens is 448 g/mol. The molecule has 3 heteroatoms. The molecule has 0 saturated heterocycles. The molecule has 2 aliphatic rings. The van der Waals surface area contributed by atoms with Gasteiger partial charge in [0.05, 0.1) is 0 Å². The summed E-state index contributed by atoms with van der Waals surface area (Å²) in [5.41, 5.74) is 3.99. The summed E-state index contributed by atoms with van der Waals surface area (Å²) in [6.07, 6.45) is 12.9. The highest BCUT2D eigenvalue weighted by atomic mass is 19.1. The van der Waals surface area contributed by atoms with Gasteiger partial charge in [-0.05, 0) is 104 Å². The van der Waals surface area contributed by atoms with E-state index in [1.807, 2.05) is 24.3 Å². The maximum Gasteiger partial charge on any atom is 0.123 e. The highest BCUT2D eigenvalue weighted by molar-refractivity contribution is 5.27. The van der Waals surface area contributed by atoms with E-state index in [0.717, 1.165) is 25.7 Å². The Hall–Kier alpha value is -2.52. The molecule has 0 aromatic heterocycles. The van der Waals surface area contributed by atoms with Crippen molar-refractivity contribution in [3.05, 3.63) is 107 Å². The van der Waals surface area contributed by atoms with Gasteiger partial charge in [0, 0.05) is 12.1 Å². The van der Waals surface area contributed by atoms with E-state index in [-0.39, 0.29) is 17.0 Å². The third-order valence-electron chi connectivity index (χ3n) is 8.91. The van der Waals surface area contributed by atoms with Gasteiger partial charge in [0.15, 0.2) is 0 Å². The molecule has 2 aliphatic carbocycles. The quantitative estimate of drug-likeness (QED) is 0.320. The van der Waals surface area contributed by atoms with E-state index in [1.54, 1.807) is 24.3 Å². The molecule has 2 saturated carbocycles. The van der Waals surface area contributed by atoms with Crippen LogP contribution in [0.15, 0.2) is 78.9 Å². The SMILES string of the molecule is Fc1ccc(CCC2(CCc3ccc(F)cc3)CC[C@@H](c3ccccc3)[C@@H]2NC2CCCCC2)cc1. The fourth-order valence-electron chi connectivity index (χ4n) is 6.84. The number of nitrogens with one attached hydrogen (secondary N) is 1. The molecule has 1 N–H and O–H groups in total. The molecule has 0 heterocycles. The molecule has 2 fully saturated rings. The minimum Gasteiger partial charge on any atom is -0.310 e. The van der Waals surface area contributed by atoms with Crippen molar-refractivity contribution in [1.82, 2.24) is 5.32 Å². The Bertz CT molecular complexity index is 1020. The molecule has 190 valence electrons. The Morgan fingerprint density at radius 1 is 0.667 bits per heavy atom. The largest absolute Gasteiger partial charge is 0.310 e. The van der Waals surface area contributed by atoms with Crippen LogP contribution in [0, 0.1) is 17.0 Å². The zero-order chi connectivity index (χ0) is 24.8. The highest BCUT2D eigenvalue weighted by Crippen LogP contribution is 2.52. The Morgan fingerprint density at radius 2 is 1.22 bits per heavy atom. The van der Waals surface area contributed by atoms with E-state index >= 15 is 0 Å². The van der Waals surface area contributed by atoms with E-state index in [0.29, 0.717) is 18.0 Å². The Labute approximate surface area is 215 Å². The maximum absolute atomic E-state index is 13.6. The summed E-state index contributed by atoms with van der Waals surface area (Å²) in [5, 5.41) is 4.23. The van der Waals surface area contributed by atoms with Crippen LogP contribution in [0.25, 0.3) is 0 Å². The summed E-state index contributed by atoms with van der Waals surface area (Å²) in [5.74, 6) is 0.146. The minimum atomic E-state index is -0.174. The third-order valence-corrected chi connectivity index (χ3v) is 8.91. The first-order chi connectivity index (χ1) is 17.6. The lowest BCUT2D eigenvalue weighted by molar-refractivity contribution is 0.159. The molecule has 0 amide bonds. The van der Waals surface area contributed by atoms with Gasteiger partial charge in [0.2, 0.25) is 0 Å². The molecule has 1 nitrogen and oxygen atoms in total. The van der Waals surface area contributed by atoms with Crippen LogP contribution in [0.1, 0.15) is 80.4 Å². The van der Waals surface area contributed by atoms with E-state index < -0.39 is 0 Å². The van der Waals surface area contributed by atoms with Crippen LogP contribution in [-0.4, -0.2) is 12.1 Å². The van der Waals surface area contributed by atoms with Gasteiger partial charge in [-0.3, -0.25) is 0 Å². The predicted octanol–water partition coefficient (Wildman–Crippen LogP) is 8.39. The molecule has 0 spiro atoms. The van der Waals surface area contributed by atoms with Crippen LogP contribution in [0.5, 0.6) is 0 Å². The smallest absolute Gasteiger partial charge is 0.123 e. The van der Waals surface area contributed by atoms with Crippen molar-refractivity contribution in [2.45, 2.75) is 88.6 Å². The summed E-state index contributed by atoms with van der Waals surface area (Å²) < 4.78 is 27.1. The summed E-state index contributed by atoms with van der Waals surface area (Å²) >= 11 is 0. The molecule has 36 heavy (non-hydrogen) atoms. The number of benzene rings is 3. The van der Waals surface area contributed by atoms with Crippen molar-refractivity contribution in [3.63, 3.8) is 0 Å². The molecule has 0 bridgehead atoms. The number of rotatable bonds is 9. The predicted molar refractivity (Wildman–Crippen MR) is 144 cm³/mol. The second-order valence-corrected chi connectivity index (χ2v) is 11.2. The van der Waals surface area contributed by atoms with Crippen LogP contribution < -0.4 is 5.32 Å². The second-order valence-electron chi connectivity index (χ2n) is 11.2. The monoisotopic (exact) mass is 487 g/mol. The van der Waals surface area contributed by atoms with Crippen molar-refractivity contribution >= 4 is 0 Å². The molecule has 0 radical (unpaired) electrons. The Balaban J connectivity index is 1.44. The van der Waals surface area contributed by atoms with Crippen LogP contribution in [-0.2, 0) is 12.8 Å². The standard InChI is InChI=1S/C33H39F2N/c34-28-15-11-25(12-16-28)19-22-33(23-20-26-13-17-29(35)18-14-26)24-21-31(27-7-3-1-4-8-27)32(33)36-30-9-5-2-6-10-30/h1,3-4,7-8,11-18,30-32,36H,2,5-6,9-10,19-24H2/t31-,32-/m0/s1. The first-order valence-corrected chi connectivity index (χ1v) is 13.9. The third kappa shape index (κ3) is 6.06. The van der Waals surface area contributed by atoms with Crippen molar-refractivity contribution in [2.24, 2.45) is 5.41 Å². The number of hydrogen-bond donors (Lipinski definition) is 1. The molecule has 2 atom stereocenters. The zero-order valence-electron chi connectivity index (χ0n) is 21.3. The first kappa shape index (κ1) is 25.1. The zero-order valence-corrected chi connectivity index (χ0v) is 21.3. The van der Waals surface area contributed by atoms with Crippen LogP contribution in [0.4, 0.5) is 8.78 Å². The average molecular weight is 488 g/mol. The van der Waals surface area contributed by atoms with Gasteiger partial charge in [-0.15, -0.1) is 0 Å². The lowest BCUT2D eigenvalue weighted by Gasteiger charge is -2.42. The molecular formula is C33H39F2N. The fraction of sp³-hybridized carbons (Fsp3) is 0.455. The van der Waals surface area contributed by atoms with Gasteiger partial charge in [-0.25, -0.2) is 8.78 Å². The topological polar surface area (TPSA) is 12.0 Å². The first-order valence-electron chi connectivity index (χ1n) is 13.9. The summed E-state index contributed by atoms with van der Waals surface area (Å²) in [6.45, 7) is 0. The summed E-state index contributed by atoms with van der Waals surface area (Å²) in [4.78, 5) is 0. The van der Waals surface area contributed by atoms with Gasteiger partial charge in [0.25, 0.3) is 0 Å². The van der Waals surface area contributed by atoms with E-state index in [1.165, 1.54) is 61.6 Å². The number of halogens is 2. The maximum atomic E-state index is 13.6. The fourth-order valence-corrected chi connectivity index (χ4v) is 6.84. The second kappa shape index (κ2) is 11.7. The lowest BCUT2D eigenvalue weighted by atomic mass is 9.71. The summed E-state index contributed by atoms with van der Waals surface area (Å²) in [7, 11) is 0. The van der Waals surface area contributed by atoms with Gasteiger partial charge >= 0.3 is 0 Å². The van der Waals surface area contributed by atoms with Crippen molar-refractivity contribution in [1.29, 1.82) is 0 Å². The molecule has 0 unspecified atom stereocenters. The minimum absolute atomic E-state index is 0.140. The van der Waals surface area contributed by atoms with Gasteiger partial charge in [0.1, 0.15) is 11.6 Å². The normalized spacial score (nSPS) is 22.1. The average Bonchev–Trinajstić information content (AvgIpc) is 3.27. The van der Waals surface area contributed by atoms with Crippen molar-refractivity contribution in [3.8, 4) is 0 Å². The Morgan fingerprint density at radius 3 is 1.78 bits per heavy atom. The molecule has 5 rings (SSSR count). The van der Waals surface area contributed by atoms with E-state index in [2.05, 4.69) is 35.6 Å². The van der Waals surface area contributed by atoms with Gasteiger partial charge in [-0.2, -0.15) is 0 Å².